The van der Waals surface area contributed by atoms with Gasteiger partial charge in [-0.1, -0.05) is 25.1 Å². The van der Waals surface area contributed by atoms with Crippen LogP contribution in [0.5, 0.6) is 11.5 Å². The zero-order valence-electron chi connectivity index (χ0n) is 26.6. The minimum absolute atomic E-state index is 0.139. The van der Waals surface area contributed by atoms with Gasteiger partial charge in [-0.25, -0.2) is 17.6 Å². The number of aryl methyl sites for hydroxylation is 1. The van der Waals surface area contributed by atoms with Crippen LogP contribution in [0.25, 0.3) is 0 Å². The van der Waals surface area contributed by atoms with Gasteiger partial charge >= 0.3 is 6.18 Å². The van der Waals surface area contributed by atoms with Crippen LogP contribution in [0, 0.1) is 40.5 Å². The molecule has 3 aliphatic carbocycles. The molecule has 0 spiro atoms. The third kappa shape index (κ3) is 6.53. The van der Waals surface area contributed by atoms with Gasteiger partial charge in [0.05, 0.1) is 12.7 Å². The van der Waals surface area contributed by atoms with Crippen molar-refractivity contribution in [2.24, 2.45) is 17.3 Å². The minimum Gasteiger partial charge on any atom is -0.508 e. The van der Waals surface area contributed by atoms with Gasteiger partial charge in [0.1, 0.15) is 17.1 Å². The van der Waals surface area contributed by atoms with Crippen LogP contribution in [0.4, 0.5) is 30.7 Å². The molecule has 0 heterocycles. The second kappa shape index (κ2) is 13.8. The predicted octanol–water partition coefficient (Wildman–Crippen LogP) is 10.1. The van der Waals surface area contributed by atoms with Crippen molar-refractivity contribution in [2.45, 2.75) is 88.2 Å². The Balaban J connectivity index is 1.01. The molecule has 2 N–H and O–H groups in total. The van der Waals surface area contributed by atoms with E-state index in [1.165, 1.54) is 16.7 Å². The zero-order valence-corrected chi connectivity index (χ0v) is 27.4. The molecule has 48 heavy (non-hydrogen) atoms. The molecule has 11 heteroatoms. The van der Waals surface area contributed by atoms with Gasteiger partial charge in [0.15, 0.2) is 23.3 Å². The van der Waals surface area contributed by atoms with Crippen molar-refractivity contribution >= 4 is 11.8 Å². The monoisotopic (exact) mass is 696 g/mol. The molecule has 2 saturated carbocycles. The van der Waals surface area contributed by atoms with Crippen LogP contribution in [-0.2, 0) is 18.3 Å². The number of halogens is 7. The molecule has 2 fully saturated rings. The third-order valence-corrected chi connectivity index (χ3v) is 12.1. The summed E-state index contributed by atoms with van der Waals surface area (Å²) in [5, 5.41) is 21.2. The fourth-order valence-electron chi connectivity index (χ4n) is 8.70. The highest BCUT2D eigenvalue weighted by atomic mass is 32.2. The Morgan fingerprint density at radius 3 is 2.29 bits per heavy atom. The molecule has 3 nitrogen and oxygen atoms in total. The topological polar surface area (TPSA) is 49.7 Å². The summed E-state index contributed by atoms with van der Waals surface area (Å²) in [5.41, 5.74) is -0.0148. The number of aromatic hydroxyl groups is 1. The van der Waals surface area contributed by atoms with Crippen LogP contribution < -0.4 is 4.74 Å². The summed E-state index contributed by atoms with van der Waals surface area (Å²) >= 11 is 0.981. The Morgan fingerprint density at radius 1 is 0.896 bits per heavy atom. The van der Waals surface area contributed by atoms with Crippen LogP contribution in [0.2, 0.25) is 0 Å². The van der Waals surface area contributed by atoms with Crippen LogP contribution >= 0.6 is 11.8 Å². The maximum atomic E-state index is 14.1. The first-order valence-corrected chi connectivity index (χ1v) is 17.7. The number of unbranched alkanes of at least 4 members (excludes halogenated alkanes) is 2. The number of hydrogen-bond donors (Lipinski definition) is 2. The van der Waals surface area contributed by atoms with E-state index in [9.17, 15) is 40.9 Å². The van der Waals surface area contributed by atoms with Crippen molar-refractivity contribution in [3.8, 4) is 11.5 Å². The van der Waals surface area contributed by atoms with Gasteiger partial charge in [0.25, 0.3) is 0 Å². The Kier molecular flexibility index (Phi) is 10.0. The van der Waals surface area contributed by atoms with E-state index in [2.05, 4.69) is 25.1 Å². The number of fused-ring (bicyclic) bond motifs is 5. The van der Waals surface area contributed by atoms with Gasteiger partial charge < -0.3 is 14.9 Å². The van der Waals surface area contributed by atoms with E-state index in [4.69, 9.17) is 4.74 Å². The van der Waals surface area contributed by atoms with E-state index >= 15 is 0 Å². The van der Waals surface area contributed by atoms with Crippen molar-refractivity contribution in [2.75, 3.05) is 12.4 Å². The SMILES string of the molecule is C[C@]12C[C@H](c3ccc(OCCCCCSCc4c(F)c(F)c(C(F)(F)F)c(F)c4F)cc3)[C@@H]3c4ccc(O)cc4CC[C@H]3[C@@H]1CC[C@@H]2O. The van der Waals surface area contributed by atoms with Crippen LogP contribution in [0.1, 0.15) is 91.5 Å². The first-order chi connectivity index (χ1) is 22.8. The molecule has 3 aromatic rings. The molecule has 0 radical (unpaired) electrons. The molecule has 0 aromatic heterocycles. The highest BCUT2D eigenvalue weighted by molar-refractivity contribution is 7.98. The molecule has 260 valence electrons. The number of aliphatic hydroxyl groups excluding tert-OH is 1. The van der Waals surface area contributed by atoms with Crippen LogP contribution in [0.3, 0.4) is 0 Å². The molecular formula is C37H39F7O3S. The van der Waals surface area contributed by atoms with E-state index < -0.39 is 46.3 Å². The summed E-state index contributed by atoms with van der Waals surface area (Å²) in [7, 11) is 0. The lowest BCUT2D eigenvalue weighted by molar-refractivity contribution is -0.143. The Hall–Kier alpha value is -2.92. The maximum absolute atomic E-state index is 14.1. The number of ether oxygens (including phenoxy) is 1. The first-order valence-electron chi connectivity index (χ1n) is 16.5. The van der Waals surface area contributed by atoms with E-state index in [-0.39, 0.29) is 17.4 Å². The number of rotatable bonds is 10. The number of hydrogen-bond acceptors (Lipinski definition) is 4. The molecule has 0 bridgehead atoms. The summed E-state index contributed by atoms with van der Waals surface area (Å²) in [4.78, 5) is 0. The standard InChI is InChI=1S/C37H39F7O3S/c1-36-18-26(30-24-12-8-22(45)17-21(24)7-11-25(30)28(36)13-14-29(36)46)20-5-9-23(10-6-20)47-15-3-2-4-16-48-19-27-32(38)34(40)31(37(42,43)44)35(41)33(27)39/h5-6,8-10,12,17,25-26,28-30,45-46H,2-4,7,11,13-16,18-19H2,1H3/t25-,26+,28-,29-,30+,36-/m0/s1. The molecule has 6 rings (SSSR count). The number of phenolic OH excluding ortho intramolecular Hbond substituents is 1. The van der Waals surface area contributed by atoms with Gasteiger partial charge in [-0.15, -0.1) is 0 Å². The van der Waals surface area contributed by atoms with Crippen molar-refractivity contribution in [3.05, 3.63) is 93.6 Å². The van der Waals surface area contributed by atoms with Crippen LogP contribution in [0.15, 0.2) is 42.5 Å². The van der Waals surface area contributed by atoms with E-state index in [0.29, 0.717) is 55.1 Å². The highest BCUT2D eigenvalue weighted by Gasteiger charge is 2.57. The minimum atomic E-state index is -5.55. The van der Waals surface area contributed by atoms with Crippen molar-refractivity contribution < 1.29 is 45.7 Å². The van der Waals surface area contributed by atoms with E-state index in [1.807, 2.05) is 18.2 Å². The molecular weight excluding hydrogens is 657 g/mol. The number of benzene rings is 3. The highest BCUT2D eigenvalue weighted by Crippen LogP contribution is 2.65. The summed E-state index contributed by atoms with van der Waals surface area (Å²) in [5.74, 6) is -6.53. The smallest absolute Gasteiger partial charge is 0.422 e. The Morgan fingerprint density at radius 2 is 1.60 bits per heavy atom. The average Bonchev–Trinajstić information content (AvgIpc) is 3.35. The van der Waals surface area contributed by atoms with Crippen molar-refractivity contribution in [1.29, 1.82) is 0 Å². The number of phenols is 1. The molecule has 6 atom stereocenters. The molecule has 0 amide bonds. The number of thioether (sulfide) groups is 1. The lowest BCUT2D eigenvalue weighted by Gasteiger charge is -2.54. The predicted molar refractivity (Wildman–Crippen MR) is 170 cm³/mol. The average molecular weight is 697 g/mol. The fourth-order valence-corrected chi connectivity index (χ4v) is 9.71. The second-order valence-corrected chi connectivity index (χ2v) is 14.9. The molecule has 0 unspecified atom stereocenters. The summed E-state index contributed by atoms with van der Waals surface area (Å²) in [6, 6.07) is 13.9. The van der Waals surface area contributed by atoms with Gasteiger partial charge in [-0.3, -0.25) is 0 Å². The lowest BCUT2D eigenvalue weighted by Crippen LogP contribution is -2.47. The molecule has 0 saturated heterocycles. The van der Waals surface area contributed by atoms with Gasteiger partial charge in [0, 0.05) is 11.3 Å². The normalized spacial score (nSPS) is 26.6. The Bertz CT molecular complexity index is 1600. The van der Waals surface area contributed by atoms with Crippen molar-refractivity contribution in [1.82, 2.24) is 0 Å². The van der Waals surface area contributed by atoms with Gasteiger partial charge in [0.2, 0.25) is 0 Å². The molecule has 0 aliphatic heterocycles. The fraction of sp³-hybridized carbons (Fsp3) is 0.514. The van der Waals surface area contributed by atoms with Gasteiger partial charge in [-0.2, -0.15) is 24.9 Å². The maximum Gasteiger partial charge on any atom is 0.422 e. The molecule has 3 aliphatic rings. The Labute approximate surface area is 279 Å². The molecule has 3 aromatic carbocycles. The van der Waals surface area contributed by atoms with E-state index in [0.717, 1.165) is 49.6 Å². The first kappa shape index (κ1) is 34.9. The summed E-state index contributed by atoms with van der Waals surface area (Å²) in [6.45, 7) is 2.69. The largest absolute Gasteiger partial charge is 0.508 e. The second-order valence-electron chi connectivity index (χ2n) is 13.8. The number of alkyl halides is 3. The summed E-state index contributed by atoms with van der Waals surface area (Å²) in [6.07, 6.45) is 0.870. The van der Waals surface area contributed by atoms with Gasteiger partial charge in [-0.05, 0) is 127 Å². The van der Waals surface area contributed by atoms with Crippen LogP contribution in [-0.4, -0.2) is 28.7 Å². The lowest BCUT2D eigenvalue weighted by atomic mass is 9.51. The quantitative estimate of drug-likeness (QED) is 0.126. The third-order valence-electron chi connectivity index (χ3n) is 11.1. The number of aliphatic hydroxyl groups is 1. The zero-order chi connectivity index (χ0) is 34.4. The summed E-state index contributed by atoms with van der Waals surface area (Å²) < 4.78 is 100. The van der Waals surface area contributed by atoms with Crippen molar-refractivity contribution in [3.63, 3.8) is 0 Å². The van der Waals surface area contributed by atoms with E-state index in [1.54, 1.807) is 6.07 Å².